The van der Waals surface area contributed by atoms with Crippen LogP contribution in [0.3, 0.4) is 0 Å². The van der Waals surface area contributed by atoms with Crippen molar-refractivity contribution in [3.63, 3.8) is 0 Å². The molecule has 0 aliphatic heterocycles. The van der Waals surface area contributed by atoms with Gasteiger partial charge in [0.15, 0.2) is 0 Å². The van der Waals surface area contributed by atoms with E-state index in [1.807, 2.05) is 11.3 Å². The van der Waals surface area contributed by atoms with Gasteiger partial charge in [-0.25, -0.2) is 0 Å². The quantitative estimate of drug-likeness (QED) is 0.614. The minimum absolute atomic E-state index is 0.429. The van der Waals surface area contributed by atoms with Gasteiger partial charge in [0.25, 0.3) is 0 Å². The van der Waals surface area contributed by atoms with Crippen LogP contribution in [-0.2, 0) is 6.54 Å². The van der Waals surface area contributed by atoms with Gasteiger partial charge in [0, 0.05) is 27.9 Å². The van der Waals surface area contributed by atoms with E-state index in [-0.39, 0.29) is 0 Å². The van der Waals surface area contributed by atoms with Gasteiger partial charge in [-0.05, 0) is 34.9 Å². The second kappa shape index (κ2) is 7.03. The largest absolute Gasteiger partial charge is 0.305 e. The summed E-state index contributed by atoms with van der Waals surface area (Å²) in [4.78, 5) is 2.75. The first kappa shape index (κ1) is 14.5. The lowest BCUT2D eigenvalue weighted by Crippen LogP contribution is -2.19. The third-order valence-electron chi connectivity index (χ3n) is 3.59. The topological polar surface area (TPSA) is 12.0 Å². The third kappa shape index (κ3) is 3.62. The maximum Gasteiger partial charge on any atom is 0.0351 e. The molecule has 0 aliphatic carbocycles. The fraction of sp³-hybridized carbons (Fsp3) is 0.222. The van der Waals surface area contributed by atoms with Gasteiger partial charge in [0.2, 0.25) is 0 Å². The lowest BCUT2D eigenvalue weighted by molar-refractivity contribution is 0.522. The average Bonchev–Trinajstić information content (AvgIpc) is 3.20. The second-order valence-corrected chi connectivity index (χ2v) is 6.97. The van der Waals surface area contributed by atoms with E-state index in [2.05, 4.69) is 71.5 Å². The first-order valence-corrected chi connectivity index (χ1v) is 9.02. The Labute approximate surface area is 134 Å². The zero-order valence-electron chi connectivity index (χ0n) is 12.1. The molecule has 1 atom stereocenters. The van der Waals surface area contributed by atoms with E-state index in [9.17, 15) is 0 Å². The Bertz CT molecular complexity index is 656. The Balaban J connectivity index is 1.64. The van der Waals surface area contributed by atoms with Crippen LogP contribution in [0.4, 0.5) is 0 Å². The van der Waals surface area contributed by atoms with Gasteiger partial charge in [-0.1, -0.05) is 43.3 Å². The van der Waals surface area contributed by atoms with Gasteiger partial charge >= 0.3 is 0 Å². The molecule has 2 heterocycles. The minimum Gasteiger partial charge on any atom is -0.305 e. The van der Waals surface area contributed by atoms with E-state index in [0.717, 1.165) is 13.0 Å². The lowest BCUT2D eigenvalue weighted by Gasteiger charge is -2.16. The number of hydrogen-bond acceptors (Lipinski definition) is 3. The maximum atomic E-state index is 3.67. The molecule has 0 saturated heterocycles. The second-order valence-electron chi connectivity index (χ2n) is 5.03. The van der Waals surface area contributed by atoms with Gasteiger partial charge in [0.1, 0.15) is 0 Å². The summed E-state index contributed by atoms with van der Waals surface area (Å²) in [5, 5.41) is 8.06. The van der Waals surface area contributed by atoms with Crippen LogP contribution in [-0.4, -0.2) is 0 Å². The summed E-state index contributed by atoms with van der Waals surface area (Å²) in [5.74, 6) is 0. The normalized spacial score (nSPS) is 12.4. The highest BCUT2D eigenvalue weighted by Crippen LogP contribution is 2.29. The van der Waals surface area contributed by atoms with Crippen molar-refractivity contribution in [3.8, 4) is 10.4 Å². The highest BCUT2D eigenvalue weighted by molar-refractivity contribution is 7.14. The van der Waals surface area contributed by atoms with Crippen molar-refractivity contribution < 1.29 is 0 Å². The zero-order valence-corrected chi connectivity index (χ0v) is 13.7. The standard InChI is InChI=1S/C18H19NS2/c1-2-17(14-7-4-3-5-8-14)19-12-16-11-15(13-21-16)18-9-6-10-20-18/h3-11,13,17,19H,2,12H2,1H3. The molecule has 3 heteroatoms. The molecule has 0 radical (unpaired) electrons. The summed E-state index contributed by atoms with van der Waals surface area (Å²) < 4.78 is 0. The Morgan fingerprint density at radius 3 is 2.62 bits per heavy atom. The molecule has 0 aliphatic rings. The van der Waals surface area contributed by atoms with Crippen molar-refractivity contribution in [2.75, 3.05) is 0 Å². The Morgan fingerprint density at radius 2 is 1.90 bits per heavy atom. The predicted molar refractivity (Wildman–Crippen MR) is 93.9 cm³/mol. The van der Waals surface area contributed by atoms with E-state index >= 15 is 0 Å². The summed E-state index contributed by atoms with van der Waals surface area (Å²) in [6.45, 7) is 3.17. The van der Waals surface area contributed by atoms with E-state index in [0.29, 0.717) is 6.04 Å². The third-order valence-corrected chi connectivity index (χ3v) is 5.45. The van der Waals surface area contributed by atoms with Crippen molar-refractivity contribution in [3.05, 3.63) is 69.7 Å². The van der Waals surface area contributed by atoms with Gasteiger partial charge in [-0.2, -0.15) is 0 Å². The number of thiophene rings is 2. The van der Waals surface area contributed by atoms with Crippen LogP contribution in [0.2, 0.25) is 0 Å². The SMILES string of the molecule is CCC(NCc1cc(-c2cccs2)cs1)c1ccccc1. The van der Waals surface area contributed by atoms with E-state index in [4.69, 9.17) is 0 Å². The molecule has 1 aromatic carbocycles. The molecule has 0 fully saturated rings. The smallest absolute Gasteiger partial charge is 0.0351 e. The van der Waals surface area contributed by atoms with E-state index in [1.54, 1.807) is 11.3 Å². The molecule has 0 spiro atoms. The number of hydrogen-bond donors (Lipinski definition) is 1. The summed E-state index contributed by atoms with van der Waals surface area (Å²) in [6.07, 6.45) is 1.10. The molecule has 0 bridgehead atoms. The fourth-order valence-corrected chi connectivity index (χ4v) is 4.08. The Morgan fingerprint density at radius 1 is 1.05 bits per heavy atom. The van der Waals surface area contributed by atoms with Crippen molar-refractivity contribution >= 4 is 22.7 Å². The number of benzene rings is 1. The molecular weight excluding hydrogens is 294 g/mol. The molecule has 0 amide bonds. The molecule has 3 rings (SSSR count). The summed E-state index contributed by atoms with van der Waals surface area (Å²) >= 11 is 3.64. The van der Waals surface area contributed by atoms with E-state index in [1.165, 1.54) is 20.9 Å². The van der Waals surface area contributed by atoms with Crippen LogP contribution in [0.25, 0.3) is 10.4 Å². The Kier molecular flexibility index (Phi) is 4.86. The fourth-order valence-electron chi connectivity index (χ4n) is 2.45. The molecule has 3 aromatic rings. The lowest BCUT2D eigenvalue weighted by atomic mass is 10.0. The highest BCUT2D eigenvalue weighted by Gasteiger charge is 2.09. The van der Waals surface area contributed by atoms with Gasteiger partial charge < -0.3 is 5.32 Å². The van der Waals surface area contributed by atoms with Crippen LogP contribution in [0.15, 0.2) is 59.3 Å². The molecule has 0 saturated carbocycles. The zero-order chi connectivity index (χ0) is 14.5. The molecule has 108 valence electrons. The molecule has 1 N–H and O–H groups in total. The Hall–Kier alpha value is -1.42. The summed E-state index contributed by atoms with van der Waals surface area (Å²) in [5.41, 5.74) is 2.72. The highest BCUT2D eigenvalue weighted by atomic mass is 32.1. The number of nitrogens with one attached hydrogen (secondary N) is 1. The molecule has 2 aromatic heterocycles. The van der Waals surface area contributed by atoms with Gasteiger partial charge in [0.05, 0.1) is 0 Å². The van der Waals surface area contributed by atoms with E-state index < -0.39 is 0 Å². The van der Waals surface area contributed by atoms with Crippen LogP contribution in [0.5, 0.6) is 0 Å². The van der Waals surface area contributed by atoms with Gasteiger partial charge in [-0.15, -0.1) is 22.7 Å². The first-order chi connectivity index (χ1) is 10.4. The maximum absolute atomic E-state index is 3.67. The molecule has 1 unspecified atom stereocenters. The number of rotatable bonds is 6. The van der Waals surface area contributed by atoms with Crippen LogP contribution in [0.1, 0.15) is 29.8 Å². The van der Waals surface area contributed by atoms with Crippen molar-refractivity contribution in [2.24, 2.45) is 0 Å². The average molecular weight is 313 g/mol. The summed E-state index contributed by atoms with van der Waals surface area (Å²) in [7, 11) is 0. The molecular formula is C18H19NS2. The summed E-state index contributed by atoms with van der Waals surface area (Å²) in [6, 6.07) is 17.7. The molecule has 21 heavy (non-hydrogen) atoms. The van der Waals surface area contributed by atoms with Gasteiger partial charge in [-0.3, -0.25) is 0 Å². The first-order valence-electron chi connectivity index (χ1n) is 7.26. The van der Waals surface area contributed by atoms with Crippen molar-refractivity contribution in [1.82, 2.24) is 5.32 Å². The predicted octanol–water partition coefficient (Wildman–Crippen LogP) is 5.72. The van der Waals surface area contributed by atoms with Crippen molar-refractivity contribution in [1.29, 1.82) is 0 Å². The van der Waals surface area contributed by atoms with Crippen molar-refractivity contribution in [2.45, 2.75) is 25.9 Å². The van der Waals surface area contributed by atoms with Crippen LogP contribution >= 0.6 is 22.7 Å². The monoisotopic (exact) mass is 313 g/mol. The van der Waals surface area contributed by atoms with Crippen LogP contribution in [0, 0.1) is 0 Å². The minimum atomic E-state index is 0.429. The molecule has 1 nitrogen and oxygen atoms in total. The van der Waals surface area contributed by atoms with Crippen LogP contribution < -0.4 is 5.32 Å².